The Bertz CT molecular complexity index is 1280. The average Bonchev–Trinajstić information content (AvgIpc) is 3.24. The van der Waals surface area contributed by atoms with Gasteiger partial charge in [0.15, 0.2) is 23.1 Å². The molecule has 2 aliphatic rings. The Morgan fingerprint density at radius 3 is 2.34 bits per heavy atom. The lowest BCUT2D eigenvalue weighted by Gasteiger charge is -2.43. The first-order valence-corrected chi connectivity index (χ1v) is 12.3. The molecule has 1 amide bonds. The standard InChI is InChI=1S/C22H16F9N3O3S/c1-38(36)8-17(35)34-9-19(25,10-34)16-3-2-11(7-32-16)15-6-20(37-33-15,22(29,30)31)12-4-13(21(26,27)28)18(24)14(23)5-12/h2-5,7H,6,8-10H2,1H3. The predicted octanol–water partition coefficient (Wildman–Crippen LogP) is 4.35. The fourth-order valence-corrected chi connectivity index (χ4v) is 4.61. The third-order valence-electron chi connectivity index (χ3n) is 6.10. The molecule has 1 saturated heterocycles. The van der Waals surface area contributed by atoms with Gasteiger partial charge in [-0.3, -0.25) is 9.78 Å². The molecule has 0 radical (unpaired) electrons. The van der Waals surface area contributed by atoms with Gasteiger partial charge in [0.05, 0.1) is 42.7 Å². The van der Waals surface area contributed by atoms with Gasteiger partial charge in [0.1, 0.15) is 0 Å². The van der Waals surface area contributed by atoms with Gasteiger partial charge in [0.2, 0.25) is 0 Å². The van der Waals surface area contributed by atoms with Gasteiger partial charge in [-0.05, 0) is 35.4 Å². The average molecular weight is 573 g/mol. The molecule has 206 valence electrons. The molecule has 1 aromatic carbocycles. The van der Waals surface area contributed by atoms with E-state index < -0.39 is 75.6 Å². The summed E-state index contributed by atoms with van der Waals surface area (Å²) < 4.78 is 136. The van der Waals surface area contributed by atoms with Crippen LogP contribution >= 0.6 is 0 Å². The Hall–Kier alpha value is -3.01. The van der Waals surface area contributed by atoms with Crippen LogP contribution in [-0.4, -0.2) is 57.3 Å². The van der Waals surface area contributed by atoms with Gasteiger partial charge in [-0.15, -0.1) is 0 Å². The second kappa shape index (κ2) is 9.32. The number of alkyl halides is 7. The normalized spacial score (nSPS) is 22.0. The van der Waals surface area contributed by atoms with Crippen molar-refractivity contribution in [1.82, 2.24) is 9.88 Å². The van der Waals surface area contributed by atoms with Gasteiger partial charge in [0.25, 0.3) is 11.5 Å². The van der Waals surface area contributed by atoms with Crippen molar-refractivity contribution in [3.8, 4) is 0 Å². The molecule has 0 N–H and O–H groups in total. The number of halogens is 9. The summed E-state index contributed by atoms with van der Waals surface area (Å²) >= 11 is -1.42. The molecule has 16 heteroatoms. The van der Waals surface area contributed by atoms with Crippen LogP contribution in [0.3, 0.4) is 0 Å². The predicted molar refractivity (Wildman–Crippen MR) is 114 cm³/mol. The van der Waals surface area contributed by atoms with Crippen LogP contribution < -0.4 is 0 Å². The zero-order chi connectivity index (χ0) is 28.3. The number of carbonyl (C=O) groups excluding carboxylic acids is 1. The lowest BCUT2D eigenvalue weighted by Crippen LogP contribution is -2.60. The van der Waals surface area contributed by atoms with Crippen molar-refractivity contribution in [3.05, 3.63) is 64.5 Å². The smallest absolute Gasteiger partial charge is 0.435 e. The number of pyridine rings is 1. The lowest BCUT2D eigenvalue weighted by atomic mass is 9.85. The highest BCUT2D eigenvalue weighted by Crippen LogP contribution is 2.50. The highest BCUT2D eigenvalue weighted by molar-refractivity contribution is 7.91. The number of rotatable bonds is 5. The number of carbonyl (C=O) groups is 1. The fraction of sp³-hybridized carbons (Fsp3) is 0.409. The third-order valence-corrected chi connectivity index (χ3v) is 6.76. The zero-order valence-corrected chi connectivity index (χ0v) is 19.9. The second-order valence-electron chi connectivity index (χ2n) is 8.81. The van der Waals surface area contributed by atoms with E-state index in [2.05, 4.69) is 15.0 Å². The van der Waals surface area contributed by atoms with Crippen molar-refractivity contribution in [3.63, 3.8) is 0 Å². The summed E-state index contributed by atoms with van der Waals surface area (Å²) in [5.41, 5.74) is -9.92. The Labute approximate surface area is 211 Å². The lowest BCUT2D eigenvalue weighted by molar-refractivity contribution is -0.276. The van der Waals surface area contributed by atoms with E-state index in [0.717, 1.165) is 23.2 Å². The van der Waals surface area contributed by atoms with Crippen LogP contribution in [0, 0.1) is 11.6 Å². The van der Waals surface area contributed by atoms with Crippen LogP contribution in [0.1, 0.15) is 28.8 Å². The van der Waals surface area contributed by atoms with Crippen molar-refractivity contribution in [2.45, 2.75) is 30.0 Å². The molecule has 0 aliphatic carbocycles. The molecule has 38 heavy (non-hydrogen) atoms. The summed E-state index contributed by atoms with van der Waals surface area (Å²) in [7, 11) is 0. The number of hydrogen-bond donors (Lipinski definition) is 0. The number of aromatic nitrogens is 1. The zero-order valence-electron chi connectivity index (χ0n) is 19.1. The van der Waals surface area contributed by atoms with E-state index in [1.165, 1.54) is 6.26 Å². The summed E-state index contributed by atoms with van der Waals surface area (Å²) in [6, 6.07) is 2.06. The topological polar surface area (TPSA) is 77.8 Å². The molecule has 2 aromatic rings. The molecule has 1 aromatic heterocycles. The van der Waals surface area contributed by atoms with Gasteiger partial charge in [-0.1, -0.05) is 5.16 Å². The quantitative estimate of drug-likeness (QED) is 0.394. The van der Waals surface area contributed by atoms with Crippen LogP contribution in [0.25, 0.3) is 0 Å². The number of hydrogen-bond acceptors (Lipinski definition) is 5. The maximum atomic E-state index is 15.1. The molecular weight excluding hydrogens is 557 g/mol. The monoisotopic (exact) mass is 573 g/mol. The molecule has 2 aliphatic heterocycles. The first-order chi connectivity index (χ1) is 17.5. The molecule has 1 fully saturated rings. The van der Waals surface area contributed by atoms with E-state index >= 15 is 4.39 Å². The van der Waals surface area contributed by atoms with Crippen molar-refractivity contribution in [2.24, 2.45) is 5.16 Å². The number of likely N-dealkylation sites (tertiary alicyclic amines) is 1. The summed E-state index contributed by atoms with van der Waals surface area (Å²) in [6.07, 6.45) is -9.84. The first-order valence-electron chi connectivity index (χ1n) is 10.6. The highest BCUT2D eigenvalue weighted by atomic mass is 32.2. The van der Waals surface area contributed by atoms with E-state index in [9.17, 15) is 44.5 Å². The fourth-order valence-electron chi connectivity index (χ4n) is 4.08. The molecule has 6 nitrogen and oxygen atoms in total. The van der Waals surface area contributed by atoms with Gasteiger partial charge in [0, 0.05) is 17.3 Å². The Morgan fingerprint density at radius 1 is 1.16 bits per heavy atom. The largest absolute Gasteiger partial charge is 0.616 e. The second-order valence-corrected chi connectivity index (χ2v) is 10.2. The molecule has 0 bridgehead atoms. The molecule has 0 saturated carbocycles. The first kappa shape index (κ1) is 28.0. The van der Waals surface area contributed by atoms with Gasteiger partial charge < -0.3 is 14.3 Å². The van der Waals surface area contributed by atoms with Gasteiger partial charge in [-0.2, -0.15) is 26.3 Å². The van der Waals surface area contributed by atoms with E-state index in [1.54, 1.807) is 0 Å². The minimum atomic E-state index is -5.49. The minimum Gasteiger partial charge on any atom is -0.616 e. The number of oxime groups is 1. The Balaban J connectivity index is 1.57. The molecule has 2 atom stereocenters. The minimum absolute atomic E-state index is 0.0392. The number of amides is 1. The van der Waals surface area contributed by atoms with Crippen LogP contribution in [0.5, 0.6) is 0 Å². The SMILES string of the molecule is C[S+]([O-])CC(=O)N1CC(F)(c2ccc(C3=NOC(c4cc(F)c(F)c(C(F)(F)F)c4)(C(F)(F)F)C3)cn2)C1. The maximum Gasteiger partial charge on any atom is 0.435 e. The van der Waals surface area contributed by atoms with E-state index in [-0.39, 0.29) is 42.2 Å². The summed E-state index contributed by atoms with van der Waals surface area (Å²) in [5.74, 6) is -5.33. The number of nitrogens with zero attached hydrogens (tertiary/aromatic N) is 3. The van der Waals surface area contributed by atoms with Crippen LogP contribution in [0.2, 0.25) is 0 Å². The van der Waals surface area contributed by atoms with Gasteiger partial charge >= 0.3 is 12.4 Å². The molecule has 4 rings (SSSR count). The third kappa shape index (κ3) is 4.90. The van der Waals surface area contributed by atoms with E-state index in [1.807, 2.05) is 0 Å². The van der Waals surface area contributed by atoms with Crippen molar-refractivity contribution in [1.29, 1.82) is 0 Å². The molecule has 0 spiro atoms. The van der Waals surface area contributed by atoms with Crippen LogP contribution in [0.15, 0.2) is 35.6 Å². The summed E-state index contributed by atoms with van der Waals surface area (Å²) in [5, 5.41) is 3.32. The van der Waals surface area contributed by atoms with Gasteiger partial charge in [-0.25, -0.2) is 13.2 Å². The highest BCUT2D eigenvalue weighted by Gasteiger charge is 2.63. The van der Waals surface area contributed by atoms with E-state index in [0.29, 0.717) is 0 Å². The van der Waals surface area contributed by atoms with Crippen molar-refractivity contribution >= 4 is 22.8 Å². The Kier molecular flexibility index (Phi) is 6.87. The van der Waals surface area contributed by atoms with E-state index in [4.69, 9.17) is 0 Å². The Morgan fingerprint density at radius 2 is 1.82 bits per heavy atom. The molecule has 3 heterocycles. The summed E-state index contributed by atoms with van der Waals surface area (Å²) in [6.45, 7) is -0.761. The van der Waals surface area contributed by atoms with Crippen LogP contribution in [-0.2, 0) is 38.3 Å². The molecule has 2 unspecified atom stereocenters. The van der Waals surface area contributed by atoms with Crippen molar-refractivity contribution in [2.75, 3.05) is 25.1 Å². The van der Waals surface area contributed by atoms with Crippen molar-refractivity contribution < 1.29 is 53.7 Å². The van der Waals surface area contributed by atoms with Crippen LogP contribution in [0.4, 0.5) is 39.5 Å². The molecular formula is C22H16F9N3O3S. The maximum absolute atomic E-state index is 15.1. The number of benzene rings is 1. The summed E-state index contributed by atoms with van der Waals surface area (Å²) in [4.78, 5) is 21.4.